The van der Waals surface area contributed by atoms with Gasteiger partial charge in [-0.1, -0.05) is 136 Å². The van der Waals surface area contributed by atoms with Crippen LogP contribution in [0, 0.1) is 18.8 Å². The zero-order valence-corrected chi connectivity index (χ0v) is 33.0. The number of nitrogens with one attached hydrogen (secondary N) is 2. The molecule has 3 aromatic carbocycles. The third kappa shape index (κ3) is 16.1. The van der Waals surface area contributed by atoms with Crippen LogP contribution in [0.25, 0.3) is 11.1 Å². The van der Waals surface area contributed by atoms with Crippen molar-refractivity contribution in [1.82, 2.24) is 4.90 Å². The monoisotopic (exact) mass is 684 g/mol. The molecule has 1 atom stereocenters. The van der Waals surface area contributed by atoms with Crippen LogP contribution in [0.1, 0.15) is 141 Å². The van der Waals surface area contributed by atoms with Gasteiger partial charge in [0.15, 0.2) is 5.78 Å². The molecule has 1 heterocycles. The minimum atomic E-state index is 0.0313. The molecule has 0 aromatic heterocycles. The van der Waals surface area contributed by atoms with Crippen LogP contribution >= 0.6 is 0 Å². The summed E-state index contributed by atoms with van der Waals surface area (Å²) in [5, 5.41) is 6.07. The molecule has 0 radical (unpaired) electrons. The summed E-state index contributed by atoms with van der Waals surface area (Å²) >= 11 is 0. The molecule has 3 aromatic rings. The molecule has 5 heteroatoms. The summed E-state index contributed by atoms with van der Waals surface area (Å²) in [6, 6.07) is 24.5. The van der Waals surface area contributed by atoms with Crippen LogP contribution in [-0.2, 0) is 0 Å². The van der Waals surface area contributed by atoms with Crippen molar-refractivity contribution in [3.63, 3.8) is 0 Å². The molecule has 3 fully saturated rings. The summed E-state index contributed by atoms with van der Waals surface area (Å²) in [5.41, 5.74) is 6.50. The number of urea groups is 1. The average molecular weight is 684 g/mol. The van der Waals surface area contributed by atoms with Crippen LogP contribution in [0.3, 0.4) is 0 Å². The molecule has 1 unspecified atom stereocenters. The van der Waals surface area contributed by atoms with Gasteiger partial charge < -0.3 is 15.5 Å². The Labute approximate surface area is 307 Å². The number of likely N-dealkylation sites (tertiary alicyclic amines) is 1. The maximum Gasteiger partial charge on any atom is 0.321 e. The normalized spacial score (nSPS) is 14.2. The molecular formula is C45H69N3O2. The van der Waals surface area contributed by atoms with Crippen molar-refractivity contribution < 1.29 is 9.59 Å². The van der Waals surface area contributed by atoms with E-state index in [1.165, 1.54) is 43.2 Å². The summed E-state index contributed by atoms with van der Waals surface area (Å²) in [4.78, 5) is 25.9. The van der Waals surface area contributed by atoms with Gasteiger partial charge in [-0.3, -0.25) is 4.79 Å². The molecule has 6 rings (SSSR count). The topological polar surface area (TPSA) is 61.4 Å². The minimum absolute atomic E-state index is 0.0313. The molecule has 2 saturated carbocycles. The summed E-state index contributed by atoms with van der Waals surface area (Å²) in [7, 11) is 1.91. The maximum atomic E-state index is 12.1. The molecule has 5 nitrogen and oxygen atoms in total. The second kappa shape index (κ2) is 28.8. The van der Waals surface area contributed by atoms with E-state index >= 15 is 0 Å². The molecule has 2 N–H and O–H groups in total. The molecular weight excluding hydrogens is 615 g/mol. The van der Waals surface area contributed by atoms with Crippen molar-refractivity contribution >= 4 is 23.2 Å². The van der Waals surface area contributed by atoms with Gasteiger partial charge in [0.1, 0.15) is 0 Å². The highest BCUT2D eigenvalue weighted by Crippen LogP contribution is 2.30. The van der Waals surface area contributed by atoms with Gasteiger partial charge in [0, 0.05) is 43.0 Å². The second-order valence-corrected chi connectivity index (χ2v) is 11.9. The first-order valence-electron chi connectivity index (χ1n) is 19.4. The van der Waals surface area contributed by atoms with Crippen molar-refractivity contribution in [3.05, 3.63) is 83.9 Å². The lowest BCUT2D eigenvalue weighted by molar-refractivity contribution is 0.0855. The average Bonchev–Trinajstić information content (AvgIpc) is 3.70. The largest absolute Gasteiger partial charge is 0.388 e. The van der Waals surface area contributed by atoms with Gasteiger partial charge >= 0.3 is 6.03 Å². The number of amides is 2. The van der Waals surface area contributed by atoms with E-state index in [9.17, 15) is 9.59 Å². The molecule has 3 aliphatic rings. The second-order valence-electron chi connectivity index (χ2n) is 11.9. The molecule has 1 saturated heterocycles. The number of terminal acetylenes is 1. The Morgan fingerprint density at radius 1 is 0.680 bits per heavy atom. The fourth-order valence-corrected chi connectivity index (χ4v) is 5.07. The van der Waals surface area contributed by atoms with Gasteiger partial charge in [0.05, 0.1) is 0 Å². The predicted molar refractivity (Wildman–Crippen MR) is 220 cm³/mol. The first kappa shape index (κ1) is 46.0. The van der Waals surface area contributed by atoms with E-state index in [1.807, 2.05) is 89.9 Å². The quantitative estimate of drug-likeness (QED) is 0.192. The van der Waals surface area contributed by atoms with Crippen molar-refractivity contribution in [2.45, 2.75) is 126 Å². The Morgan fingerprint density at radius 2 is 1.12 bits per heavy atom. The minimum Gasteiger partial charge on any atom is -0.388 e. The molecule has 2 aliphatic carbocycles. The lowest BCUT2D eigenvalue weighted by Gasteiger charge is -2.23. The number of benzene rings is 3. The Hall–Kier alpha value is -4.04. The number of Topliss-reactive ketones (excluding diaryl/α,β-unsaturated/α-hetero) is 1. The zero-order valence-electron chi connectivity index (χ0n) is 33.0. The SMILES string of the molecule is C#C.C1CCC1.CC.CC.CC.CCC(C)c1ccc(NC(=O)N2CCCC2)cc1.CNc1ccc(-c2ccc(C(=O)C3CCC3)cc2)cc1. The smallest absolute Gasteiger partial charge is 0.321 e. The molecule has 1 aliphatic heterocycles. The third-order valence-corrected chi connectivity index (χ3v) is 8.89. The first-order chi connectivity index (χ1) is 24.5. The predicted octanol–water partition coefficient (Wildman–Crippen LogP) is 13.1. The number of nitrogens with zero attached hydrogens (tertiary/aromatic N) is 1. The van der Waals surface area contributed by atoms with E-state index < -0.39 is 0 Å². The number of rotatable bonds is 7. The summed E-state index contributed by atoms with van der Waals surface area (Å²) < 4.78 is 0. The van der Waals surface area contributed by atoms with E-state index in [4.69, 9.17) is 0 Å². The van der Waals surface area contributed by atoms with Crippen molar-refractivity contribution in [2.75, 3.05) is 30.8 Å². The standard InChI is InChI=1S/C18H19NO.C15H22N2O.C4H8.3C2H6.C2H2/c1-19-17-11-9-14(10-12-17)13-5-7-16(8-6-13)18(20)15-3-2-4-15;1-3-12(2)13-6-8-14(9-7-13)16-15(18)17-10-4-5-11-17;1-2-4-3-1;4*1-2/h5-12,15,19H,2-4H2,1H3;6-9,12H,3-5,10-11H2,1-2H3,(H,16,18);1-4H2;3*1-2H3;1-2H. The molecule has 276 valence electrons. The van der Waals surface area contributed by atoms with E-state index in [0.717, 1.165) is 67.7 Å². The Kier molecular flexibility index (Phi) is 26.4. The molecule has 0 bridgehead atoms. The fourth-order valence-electron chi connectivity index (χ4n) is 5.07. The maximum absolute atomic E-state index is 12.1. The van der Waals surface area contributed by atoms with Crippen LogP contribution in [0.2, 0.25) is 0 Å². The molecule has 0 spiro atoms. The highest BCUT2D eigenvalue weighted by Gasteiger charge is 2.26. The number of anilines is 2. The Bertz CT molecular complexity index is 1280. The van der Waals surface area contributed by atoms with Crippen molar-refractivity contribution in [1.29, 1.82) is 0 Å². The Morgan fingerprint density at radius 3 is 1.50 bits per heavy atom. The first-order valence-corrected chi connectivity index (χ1v) is 19.4. The van der Waals surface area contributed by atoms with Crippen LogP contribution in [0.4, 0.5) is 16.2 Å². The van der Waals surface area contributed by atoms with Crippen LogP contribution in [0.15, 0.2) is 72.8 Å². The number of hydrogen-bond acceptors (Lipinski definition) is 3. The van der Waals surface area contributed by atoms with E-state index in [1.54, 1.807) is 0 Å². The van der Waals surface area contributed by atoms with Gasteiger partial charge in [-0.25, -0.2) is 4.79 Å². The van der Waals surface area contributed by atoms with E-state index in [0.29, 0.717) is 11.7 Å². The summed E-state index contributed by atoms with van der Waals surface area (Å²) in [6.07, 6.45) is 20.7. The number of carbonyl (C=O) groups excluding carboxylic acids is 2. The van der Waals surface area contributed by atoms with Crippen LogP contribution in [0.5, 0.6) is 0 Å². The summed E-state index contributed by atoms with van der Waals surface area (Å²) in [5.74, 6) is 1.16. The van der Waals surface area contributed by atoms with Gasteiger partial charge in [0.2, 0.25) is 0 Å². The fraction of sp³-hybridized carbons (Fsp3) is 0.511. The lowest BCUT2D eigenvalue weighted by Crippen LogP contribution is -2.32. The highest BCUT2D eigenvalue weighted by atomic mass is 16.2. The number of hydrogen-bond donors (Lipinski definition) is 2. The van der Waals surface area contributed by atoms with Crippen LogP contribution in [-0.4, -0.2) is 36.9 Å². The molecule has 2 amide bonds. The van der Waals surface area contributed by atoms with E-state index in [-0.39, 0.29) is 11.9 Å². The number of ketones is 1. The lowest BCUT2D eigenvalue weighted by atomic mass is 9.80. The van der Waals surface area contributed by atoms with Gasteiger partial charge in [-0.05, 0) is 79.0 Å². The highest BCUT2D eigenvalue weighted by molar-refractivity contribution is 5.98. The summed E-state index contributed by atoms with van der Waals surface area (Å²) in [6.45, 7) is 18.2. The van der Waals surface area contributed by atoms with Gasteiger partial charge in [-0.2, -0.15) is 0 Å². The van der Waals surface area contributed by atoms with Gasteiger partial charge in [0.25, 0.3) is 0 Å². The zero-order chi connectivity index (χ0) is 37.7. The van der Waals surface area contributed by atoms with Crippen molar-refractivity contribution in [3.8, 4) is 24.0 Å². The van der Waals surface area contributed by atoms with Gasteiger partial charge in [-0.15, -0.1) is 12.8 Å². The Balaban J connectivity index is 0.000000734. The van der Waals surface area contributed by atoms with Crippen molar-refractivity contribution in [2.24, 2.45) is 5.92 Å². The third-order valence-electron chi connectivity index (χ3n) is 8.89. The van der Waals surface area contributed by atoms with E-state index in [2.05, 4.69) is 73.7 Å². The van der Waals surface area contributed by atoms with Crippen LogP contribution < -0.4 is 10.6 Å². The molecule has 50 heavy (non-hydrogen) atoms. The number of carbonyl (C=O) groups is 2.